The van der Waals surface area contributed by atoms with E-state index in [0.717, 1.165) is 37.3 Å². The van der Waals surface area contributed by atoms with Crippen molar-refractivity contribution in [1.29, 1.82) is 0 Å². The van der Waals surface area contributed by atoms with E-state index in [-0.39, 0.29) is 10.6 Å². The van der Waals surface area contributed by atoms with E-state index in [4.69, 9.17) is 0 Å². The number of nitro benzene ring substituents is 1. The summed E-state index contributed by atoms with van der Waals surface area (Å²) < 4.78 is 0. The van der Waals surface area contributed by atoms with E-state index in [1.165, 1.54) is 0 Å². The van der Waals surface area contributed by atoms with Crippen LogP contribution in [0.3, 0.4) is 0 Å². The summed E-state index contributed by atoms with van der Waals surface area (Å²) in [4.78, 5) is 15.3. The molecule has 1 atom stereocenters. The summed E-state index contributed by atoms with van der Waals surface area (Å²) in [5.41, 5.74) is 0.926. The van der Waals surface area contributed by atoms with Gasteiger partial charge in [-0.2, -0.15) is 5.10 Å². The minimum atomic E-state index is -0.315. The normalized spacial score (nSPS) is 17.4. The van der Waals surface area contributed by atoms with Crippen molar-refractivity contribution in [1.82, 2.24) is 15.1 Å². The average Bonchev–Trinajstić information content (AvgIpc) is 3.04. The molecule has 1 unspecified atom stereocenters. The maximum Gasteiger partial charge on any atom is 0.273 e. The number of benzene rings is 1. The molecule has 126 valence electrons. The molecule has 0 aliphatic carbocycles. The van der Waals surface area contributed by atoms with Crippen LogP contribution in [0.15, 0.2) is 42.6 Å². The number of nitrogens with zero attached hydrogens (tertiary/aromatic N) is 5. The number of rotatable bonds is 6. The van der Waals surface area contributed by atoms with Crippen LogP contribution in [0.4, 0.5) is 11.5 Å². The minimum Gasteiger partial charge on any atom is -0.351 e. The third-order valence-electron chi connectivity index (χ3n) is 4.38. The fourth-order valence-electron chi connectivity index (χ4n) is 3.31. The van der Waals surface area contributed by atoms with Gasteiger partial charge in [0.15, 0.2) is 5.82 Å². The Kier molecular flexibility index (Phi) is 5.00. The lowest BCUT2D eigenvalue weighted by Gasteiger charge is -2.29. The number of aromatic nitrogens is 2. The Morgan fingerprint density at radius 3 is 2.92 bits per heavy atom. The lowest BCUT2D eigenvalue weighted by molar-refractivity contribution is -0.385. The first-order valence-electron chi connectivity index (χ1n) is 8.10. The minimum absolute atomic E-state index is 0.182. The fraction of sp³-hybridized carbons (Fsp3) is 0.412. The van der Waals surface area contributed by atoms with Gasteiger partial charge in [0, 0.05) is 43.5 Å². The molecule has 0 radical (unpaired) electrons. The van der Waals surface area contributed by atoms with Gasteiger partial charge in [0.2, 0.25) is 0 Å². The van der Waals surface area contributed by atoms with Crippen molar-refractivity contribution in [2.75, 3.05) is 25.0 Å². The van der Waals surface area contributed by atoms with E-state index >= 15 is 0 Å². The van der Waals surface area contributed by atoms with Crippen LogP contribution in [-0.2, 0) is 6.54 Å². The molecule has 0 amide bonds. The smallest absolute Gasteiger partial charge is 0.273 e. The molecule has 1 fully saturated rings. The van der Waals surface area contributed by atoms with Crippen molar-refractivity contribution in [2.24, 2.45) is 0 Å². The van der Waals surface area contributed by atoms with Crippen LogP contribution in [-0.4, -0.2) is 46.2 Å². The van der Waals surface area contributed by atoms with Gasteiger partial charge < -0.3 is 4.90 Å². The second kappa shape index (κ2) is 7.35. The second-order valence-electron chi connectivity index (χ2n) is 6.15. The quantitative estimate of drug-likeness (QED) is 0.599. The molecule has 2 heterocycles. The van der Waals surface area contributed by atoms with Gasteiger partial charge in [-0.3, -0.25) is 15.0 Å². The highest BCUT2D eigenvalue weighted by molar-refractivity contribution is 5.40. The Morgan fingerprint density at radius 2 is 2.17 bits per heavy atom. The molecule has 1 aliphatic rings. The molecule has 24 heavy (non-hydrogen) atoms. The number of hydrogen-bond acceptors (Lipinski definition) is 6. The molecule has 1 aromatic carbocycles. The summed E-state index contributed by atoms with van der Waals surface area (Å²) in [6.07, 6.45) is 3.90. The number of likely N-dealkylation sites (N-methyl/N-ethyl adjacent to an activating group) is 1. The van der Waals surface area contributed by atoms with Crippen LogP contribution in [0.1, 0.15) is 18.4 Å². The van der Waals surface area contributed by atoms with Crippen LogP contribution in [0.25, 0.3) is 0 Å². The third-order valence-corrected chi connectivity index (χ3v) is 4.38. The topological polar surface area (TPSA) is 75.4 Å². The van der Waals surface area contributed by atoms with Crippen LogP contribution in [0.2, 0.25) is 0 Å². The highest BCUT2D eigenvalue weighted by Gasteiger charge is 2.27. The zero-order chi connectivity index (χ0) is 16.9. The standard InChI is InChI=1S/C17H21N5O2/c1-20(12-14-6-2-3-8-16(14)22(23)24)13-15-7-5-11-21(15)17-9-4-10-18-19-17/h2-4,6,8-10,15H,5,7,11-13H2,1H3. The van der Waals surface area contributed by atoms with Crippen LogP contribution in [0, 0.1) is 10.1 Å². The Balaban J connectivity index is 1.66. The SMILES string of the molecule is CN(Cc1ccccc1[N+](=O)[O-])CC1CCCN1c1cccnn1. The van der Waals surface area contributed by atoms with E-state index in [1.54, 1.807) is 18.3 Å². The zero-order valence-electron chi connectivity index (χ0n) is 13.7. The molecule has 2 aromatic rings. The zero-order valence-corrected chi connectivity index (χ0v) is 13.7. The lowest BCUT2D eigenvalue weighted by atomic mass is 10.1. The Morgan fingerprint density at radius 1 is 1.33 bits per heavy atom. The predicted molar refractivity (Wildman–Crippen MR) is 91.8 cm³/mol. The highest BCUT2D eigenvalue weighted by atomic mass is 16.6. The van der Waals surface area contributed by atoms with Gasteiger partial charge in [0.25, 0.3) is 5.69 Å². The molecule has 7 heteroatoms. The maximum absolute atomic E-state index is 11.1. The second-order valence-corrected chi connectivity index (χ2v) is 6.15. The van der Waals surface area contributed by atoms with Gasteiger partial charge in [-0.25, -0.2) is 0 Å². The molecule has 0 bridgehead atoms. The van der Waals surface area contributed by atoms with Crippen molar-refractivity contribution >= 4 is 11.5 Å². The van der Waals surface area contributed by atoms with Crippen molar-refractivity contribution in [3.63, 3.8) is 0 Å². The number of para-hydroxylation sites is 1. The van der Waals surface area contributed by atoms with Gasteiger partial charge in [-0.15, -0.1) is 5.10 Å². The Bertz CT molecular complexity index is 694. The van der Waals surface area contributed by atoms with Gasteiger partial charge in [0.05, 0.1) is 4.92 Å². The molecule has 1 saturated heterocycles. The largest absolute Gasteiger partial charge is 0.351 e. The first-order chi connectivity index (χ1) is 11.6. The van der Waals surface area contributed by atoms with Crippen molar-refractivity contribution in [3.05, 3.63) is 58.3 Å². The first-order valence-corrected chi connectivity index (χ1v) is 8.10. The molecule has 1 aliphatic heterocycles. The predicted octanol–water partition coefficient (Wildman–Crippen LogP) is 2.49. The van der Waals surface area contributed by atoms with Crippen LogP contribution < -0.4 is 4.90 Å². The van der Waals surface area contributed by atoms with E-state index in [1.807, 2.05) is 31.3 Å². The summed E-state index contributed by atoms with van der Waals surface area (Å²) in [6, 6.07) is 11.2. The summed E-state index contributed by atoms with van der Waals surface area (Å²) in [6.45, 7) is 2.37. The summed E-state index contributed by atoms with van der Waals surface area (Å²) in [5.74, 6) is 0.902. The van der Waals surface area contributed by atoms with E-state index in [0.29, 0.717) is 12.6 Å². The molecular formula is C17H21N5O2. The monoisotopic (exact) mass is 327 g/mol. The van der Waals surface area contributed by atoms with Crippen molar-refractivity contribution < 1.29 is 4.92 Å². The number of nitro groups is 1. The summed E-state index contributed by atoms with van der Waals surface area (Å²) >= 11 is 0. The van der Waals surface area contributed by atoms with E-state index in [2.05, 4.69) is 20.0 Å². The average molecular weight is 327 g/mol. The van der Waals surface area contributed by atoms with Crippen LogP contribution in [0.5, 0.6) is 0 Å². The van der Waals surface area contributed by atoms with E-state index in [9.17, 15) is 10.1 Å². The molecule has 1 aromatic heterocycles. The molecule has 3 rings (SSSR count). The van der Waals surface area contributed by atoms with Crippen molar-refractivity contribution in [2.45, 2.75) is 25.4 Å². The fourth-order valence-corrected chi connectivity index (χ4v) is 3.31. The lowest BCUT2D eigenvalue weighted by Crippen LogP contribution is -2.39. The van der Waals surface area contributed by atoms with Gasteiger partial charge >= 0.3 is 0 Å². The van der Waals surface area contributed by atoms with Gasteiger partial charge in [0.1, 0.15) is 0 Å². The van der Waals surface area contributed by atoms with Gasteiger partial charge in [-0.1, -0.05) is 18.2 Å². The molecule has 7 nitrogen and oxygen atoms in total. The number of anilines is 1. The van der Waals surface area contributed by atoms with Crippen molar-refractivity contribution in [3.8, 4) is 0 Å². The van der Waals surface area contributed by atoms with E-state index < -0.39 is 0 Å². The highest BCUT2D eigenvalue weighted by Crippen LogP contribution is 2.25. The number of hydrogen-bond donors (Lipinski definition) is 0. The van der Waals surface area contributed by atoms with Gasteiger partial charge in [-0.05, 0) is 32.0 Å². The molecule has 0 N–H and O–H groups in total. The first kappa shape index (κ1) is 16.3. The maximum atomic E-state index is 11.1. The Hall–Kier alpha value is -2.54. The summed E-state index contributed by atoms with van der Waals surface area (Å²) in [5, 5.41) is 19.3. The molecule has 0 spiro atoms. The molecule has 0 saturated carbocycles. The molecular weight excluding hydrogens is 306 g/mol. The summed E-state index contributed by atoms with van der Waals surface area (Å²) in [7, 11) is 2.00. The Labute approximate surface area is 141 Å². The third kappa shape index (κ3) is 3.68. The van der Waals surface area contributed by atoms with Crippen LogP contribution >= 0.6 is 0 Å².